The fourth-order valence-electron chi connectivity index (χ4n) is 7.32. The molecule has 14 heteroatoms. The number of anilines is 2. The molecule has 2 aromatic carbocycles. The van der Waals surface area contributed by atoms with Crippen molar-refractivity contribution in [3.63, 3.8) is 0 Å². The molecule has 3 fully saturated rings. The Hall–Kier alpha value is -4.98. The van der Waals surface area contributed by atoms with Gasteiger partial charge in [0.2, 0.25) is 5.91 Å². The molecule has 0 radical (unpaired) electrons. The Balaban J connectivity index is 0.868. The average molecular weight is 710 g/mol. The number of aromatic nitrogens is 5. The number of ether oxygens (including phenoxy) is 2. The molecule has 13 nitrogen and oxygen atoms in total. The first kappa shape index (κ1) is 33.2. The van der Waals surface area contributed by atoms with Crippen molar-refractivity contribution in [2.75, 3.05) is 55.7 Å². The number of morpholine rings is 1. The van der Waals surface area contributed by atoms with Gasteiger partial charge >= 0.3 is 6.03 Å². The number of amides is 3. The number of rotatable bonds is 8. The molecular formula is C37H40ClN9O4. The van der Waals surface area contributed by atoms with E-state index in [0.29, 0.717) is 59.0 Å². The van der Waals surface area contributed by atoms with Gasteiger partial charge in [0.05, 0.1) is 30.2 Å². The zero-order valence-electron chi connectivity index (χ0n) is 28.6. The number of pyridine rings is 1. The summed E-state index contributed by atoms with van der Waals surface area (Å²) in [6.45, 7) is 7.75. The Morgan fingerprint density at radius 1 is 1.04 bits per heavy atom. The molecular weight excluding hydrogens is 670 g/mol. The van der Waals surface area contributed by atoms with E-state index < -0.39 is 0 Å². The maximum Gasteiger partial charge on any atom is 0.328 e. The van der Waals surface area contributed by atoms with E-state index in [1.165, 1.54) is 0 Å². The van der Waals surface area contributed by atoms with Crippen molar-refractivity contribution in [1.82, 2.24) is 34.9 Å². The highest BCUT2D eigenvalue weighted by Gasteiger charge is 2.28. The molecule has 0 spiro atoms. The van der Waals surface area contributed by atoms with Crippen molar-refractivity contribution in [1.29, 1.82) is 0 Å². The van der Waals surface area contributed by atoms with Crippen molar-refractivity contribution in [2.24, 2.45) is 13.0 Å². The Bertz CT molecular complexity index is 2070. The molecule has 0 bridgehead atoms. The monoisotopic (exact) mass is 709 g/mol. The van der Waals surface area contributed by atoms with Crippen LogP contribution < -0.4 is 19.9 Å². The SMILES string of the molecule is Cc1nn(C)cc1-c1nc2ncc(Cl)c(Oc3ccc([C@H]4CN(CC5CCN(c6cccc(N7CCC(=O)NC7=O)c6)CC5)CCO4)cc3)c2[nH]1. The summed E-state index contributed by atoms with van der Waals surface area (Å²) in [5.41, 5.74) is 5.93. The van der Waals surface area contributed by atoms with Gasteiger partial charge in [-0.25, -0.2) is 14.8 Å². The Labute approximate surface area is 300 Å². The number of aromatic amines is 1. The number of imide groups is 1. The van der Waals surface area contributed by atoms with Crippen LogP contribution >= 0.6 is 11.6 Å². The molecule has 51 heavy (non-hydrogen) atoms. The van der Waals surface area contributed by atoms with Gasteiger partial charge in [-0.1, -0.05) is 29.8 Å². The number of H-pyrrole nitrogens is 1. The molecule has 3 aliphatic rings. The number of carbonyl (C=O) groups is 2. The molecule has 2 N–H and O–H groups in total. The number of aryl methyl sites for hydroxylation is 2. The topological polar surface area (TPSA) is 134 Å². The second kappa shape index (κ2) is 14.0. The molecule has 3 aliphatic heterocycles. The Morgan fingerprint density at radius 2 is 1.84 bits per heavy atom. The maximum absolute atomic E-state index is 12.4. The van der Waals surface area contributed by atoms with Gasteiger partial charge in [-0.15, -0.1) is 0 Å². The summed E-state index contributed by atoms with van der Waals surface area (Å²) in [4.78, 5) is 42.9. The van der Waals surface area contributed by atoms with Crippen LogP contribution in [-0.4, -0.2) is 87.4 Å². The summed E-state index contributed by atoms with van der Waals surface area (Å²) in [6.07, 6.45) is 5.96. The minimum absolute atomic E-state index is 0.0213. The summed E-state index contributed by atoms with van der Waals surface area (Å²) in [6, 6.07) is 15.7. The molecule has 3 aromatic heterocycles. The highest BCUT2D eigenvalue weighted by Crippen LogP contribution is 2.37. The zero-order valence-corrected chi connectivity index (χ0v) is 29.4. The summed E-state index contributed by atoms with van der Waals surface area (Å²) >= 11 is 6.57. The van der Waals surface area contributed by atoms with Gasteiger partial charge in [-0.3, -0.25) is 24.6 Å². The number of benzene rings is 2. The van der Waals surface area contributed by atoms with Crippen molar-refractivity contribution in [3.05, 3.63) is 77.2 Å². The van der Waals surface area contributed by atoms with E-state index in [9.17, 15) is 9.59 Å². The van der Waals surface area contributed by atoms with Gasteiger partial charge in [-0.05, 0) is 61.6 Å². The van der Waals surface area contributed by atoms with Gasteiger partial charge in [0, 0.05) is 70.3 Å². The fraction of sp³-hybridized carbons (Fsp3) is 0.378. The largest absolute Gasteiger partial charge is 0.453 e. The number of carbonyl (C=O) groups excluding carboxylic acids is 2. The summed E-state index contributed by atoms with van der Waals surface area (Å²) in [7, 11) is 1.88. The van der Waals surface area contributed by atoms with Crippen molar-refractivity contribution >= 4 is 46.1 Å². The molecule has 264 valence electrons. The quantitative estimate of drug-likeness (QED) is 0.204. The molecule has 5 aromatic rings. The minimum Gasteiger partial charge on any atom is -0.453 e. The van der Waals surface area contributed by atoms with Crippen molar-refractivity contribution in [3.8, 4) is 22.9 Å². The summed E-state index contributed by atoms with van der Waals surface area (Å²) < 4.78 is 14.3. The first-order valence-corrected chi connectivity index (χ1v) is 17.8. The van der Waals surface area contributed by atoms with Crippen LogP contribution in [0.5, 0.6) is 11.5 Å². The molecule has 0 saturated carbocycles. The molecule has 3 amide bonds. The number of hydrogen-bond donors (Lipinski definition) is 2. The molecule has 1 atom stereocenters. The van der Waals surface area contributed by atoms with Crippen LogP contribution in [0.25, 0.3) is 22.6 Å². The maximum atomic E-state index is 12.4. The van der Waals surface area contributed by atoms with Crippen LogP contribution in [0.4, 0.5) is 16.2 Å². The van der Waals surface area contributed by atoms with Gasteiger partial charge < -0.3 is 19.4 Å². The van der Waals surface area contributed by atoms with Crippen molar-refractivity contribution < 1.29 is 19.1 Å². The lowest BCUT2D eigenvalue weighted by Gasteiger charge is -2.39. The van der Waals surface area contributed by atoms with Gasteiger partial charge in [0.15, 0.2) is 11.4 Å². The van der Waals surface area contributed by atoms with E-state index in [1.54, 1.807) is 15.8 Å². The van der Waals surface area contributed by atoms with E-state index in [-0.39, 0.29) is 18.0 Å². The number of urea groups is 1. The van der Waals surface area contributed by atoms with Crippen LogP contribution in [0.15, 0.2) is 60.9 Å². The van der Waals surface area contributed by atoms with E-state index in [0.717, 1.165) is 73.8 Å². The zero-order chi connectivity index (χ0) is 35.1. The lowest BCUT2D eigenvalue weighted by Crippen LogP contribution is -2.49. The second-order valence-electron chi connectivity index (χ2n) is 13.5. The summed E-state index contributed by atoms with van der Waals surface area (Å²) in [5.74, 6) is 2.16. The van der Waals surface area contributed by atoms with Crippen LogP contribution in [0.3, 0.4) is 0 Å². The highest BCUT2D eigenvalue weighted by molar-refractivity contribution is 6.32. The second-order valence-corrected chi connectivity index (χ2v) is 13.9. The summed E-state index contributed by atoms with van der Waals surface area (Å²) in [5, 5.41) is 7.23. The van der Waals surface area contributed by atoms with Gasteiger partial charge in [-0.2, -0.15) is 5.10 Å². The molecule has 0 aliphatic carbocycles. The van der Waals surface area contributed by atoms with Gasteiger partial charge in [0.25, 0.3) is 0 Å². The fourth-order valence-corrected chi connectivity index (χ4v) is 7.50. The van der Waals surface area contributed by atoms with Crippen LogP contribution in [0, 0.1) is 12.8 Å². The number of hydrogen-bond acceptors (Lipinski definition) is 9. The first-order chi connectivity index (χ1) is 24.8. The van der Waals surface area contributed by atoms with E-state index in [2.05, 4.69) is 59.4 Å². The lowest BCUT2D eigenvalue weighted by molar-refractivity contribution is -0.120. The first-order valence-electron chi connectivity index (χ1n) is 17.4. The third-order valence-electron chi connectivity index (χ3n) is 10.0. The predicted molar refractivity (Wildman–Crippen MR) is 194 cm³/mol. The van der Waals surface area contributed by atoms with Crippen molar-refractivity contribution in [2.45, 2.75) is 32.3 Å². The standard InChI is InChI=1S/C37H40ClN9O4/c1-23-29(21-44(2)43-23)35-41-33-34(30(38)19-39-36(33)42-35)51-28-8-6-25(7-9-28)31-22-45(16-17-50-31)20-24-10-13-46(14-11-24)26-4-3-5-27(18-26)47-15-12-32(48)40-37(47)49/h3-9,18-19,21,24,31H,10-17,20,22H2,1-2H3,(H,39,41,42)(H,40,48,49)/t31-/m1/s1. The number of nitrogens with one attached hydrogen (secondary N) is 2. The average Bonchev–Trinajstić information content (AvgIpc) is 3.72. The van der Waals surface area contributed by atoms with Gasteiger partial charge in [0.1, 0.15) is 22.1 Å². The normalized spacial score (nSPS) is 19.2. The molecule has 3 saturated heterocycles. The van der Waals surface area contributed by atoms with E-state index >= 15 is 0 Å². The van der Waals surface area contributed by atoms with E-state index in [4.69, 9.17) is 21.1 Å². The lowest BCUT2D eigenvalue weighted by atomic mass is 9.95. The number of imidazole rings is 1. The van der Waals surface area contributed by atoms with Crippen LogP contribution in [-0.2, 0) is 16.6 Å². The Morgan fingerprint density at radius 3 is 2.61 bits per heavy atom. The Kier molecular flexibility index (Phi) is 9.09. The minimum atomic E-state index is -0.354. The number of piperidine rings is 1. The number of nitrogens with zero attached hydrogens (tertiary/aromatic N) is 7. The molecule has 0 unspecified atom stereocenters. The number of fused-ring (bicyclic) bond motifs is 1. The van der Waals surface area contributed by atoms with Crippen LogP contribution in [0.2, 0.25) is 5.02 Å². The number of halogens is 1. The van der Waals surface area contributed by atoms with Crippen LogP contribution in [0.1, 0.15) is 36.6 Å². The molecule has 8 rings (SSSR count). The predicted octanol–water partition coefficient (Wildman–Crippen LogP) is 5.85. The van der Waals surface area contributed by atoms with E-state index in [1.807, 2.05) is 44.4 Å². The molecule has 6 heterocycles. The smallest absolute Gasteiger partial charge is 0.328 e. The third-order valence-corrected chi connectivity index (χ3v) is 10.3. The third kappa shape index (κ3) is 7.01. The highest BCUT2D eigenvalue weighted by atomic mass is 35.5.